The fourth-order valence-electron chi connectivity index (χ4n) is 1.58. The molecule has 0 aromatic heterocycles. The molecule has 0 amide bonds. The quantitative estimate of drug-likeness (QED) is 0.349. The van der Waals surface area contributed by atoms with Gasteiger partial charge in [-0.3, -0.25) is 4.79 Å². The van der Waals surface area contributed by atoms with Crippen molar-refractivity contribution in [2.24, 2.45) is 0 Å². The number of rotatable bonds is 13. The predicted molar refractivity (Wildman–Crippen MR) is 86.9 cm³/mol. The van der Waals surface area contributed by atoms with Gasteiger partial charge in [-0.2, -0.15) is 0 Å². The molecule has 0 atom stereocenters. The highest BCUT2D eigenvalue weighted by atomic mass is 16.4. The Bertz CT molecular complexity index is 440. The molecule has 0 aliphatic heterocycles. The molecule has 0 aliphatic rings. The second-order valence-corrected chi connectivity index (χ2v) is 4.54. The number of allylic oxidation sites excluding steroid dienone is 6. The van der Waals surface area contributed by atoms with Crippen LogP contribution in [-0.4, -0.2) is 11.1 Å². The fraction of sp³-hybridized carbons (Fsp3) is 0.611. The molecule has 0 rings (SSSR count). The molecule has 0 heterocycles. The van der Waals surface area contributed by atoms with E-state index in [0.717, 1.165) is 32.1 Å². The van der Waals surface area contributed by atoms with Gasteiger partial charge in [0, 0.05) is 11.9 Å². The van der Waals surface area contributed by atoms with Crippen LogP contribution >= 0.6 is 0 Å². The molecular formula is C18H30O2. The molecule has 0 saturated carbocycles. The molecular weight excluding hydrogens is 248 g/mol. The molecule has 1 N–H and O–H groups in total. The molecule has 0 unspecified atom stereocenters. The maximum atomic E-state index is 10.4. The number of aliphatic carboxylic acids is 1. The molecule has 0 aliphatic carbocycles. The summed E-state index contributed by atoms with van der Waals surface area (Å²) in [6.45, 7) is 1.92. The number of carbonyl (C=O) groups is 1. The van der Waals surface area contributed by atoms with Crippen molar-refractivity contribution in [2.45, 2.75) is 71.0 Å². The van der Waals surface area contributed by atoms with Crippen LogP contribution in [0.15, 0.2) is 36.5 Å². The van der Waals surface area contributed by atoms with Crippen LogP contribution in [0, 0.1) is 0 Å². The Hall–Kier alpha value is -1.31. The van der Waals surface area contributed by atoms with Crippen LogP contribution in [0.3, 0.4) is 0 Å². The van der Waals surface area contributed by atoms with Crippen molar-refractivity contribution < 1.29 is 15.4 Å². The second-order valence-electron chi connectivity index (χ2n) is 4.54. The number of hydrogen-bond donors (Lipinski definition) is 1. The lowest BCUT2D eigenvalue weighted by Gasteiger charge is -1.96. The van der Waals surface area contributed by atoms with E-state index < -0.39 is 18.7 Å². The van der Waals surface area contributed by atoms with Crippen molar-refractivity contribution in [1.82, 2.24) is 0 Å². The Kier molecular flexibility index (Phi) is 9.79. The predicted octanol–water partition coefficient (Wildman–Crippen LogP) is 5.66. The Labute approximate surface area is 129 Å². The monoisotopic (exact) mass is 282 g/mol. The Morgan fingerprint density at radius 3 is 2.40 bits per heavy atom. The zero-order chi connectivity index (χ0) is 18.5. The van der Waals surface area contributed by atoms with Gasteiger partial charge in [-0.1, -0.05) is 56.2 Å². The zero-order valence-electron chi connectivity index (χ0n) is 16.5. The Morgan fingerprint density at radius 2 is 1.65 bits per heavy atom. The maximum absolute atomic E-state index is 10.4. The summed E-state index contributed by atoms with van der Waals surface area (Å²) in [6.07, 6.45) is 11.9. The smallest absolute Gasteiger partial charge is 0.303 e. The third-order valence-electron chi connectivity index (χ3n) is 2.66. The maximum Gasteiger partial charge on any atom is 0.303 e. The van der Waals surface area contributed by atoms with Crippen LogP contribution < -0.4 is 0 Å². The highest BCUT2D eigenvalue weighted by Gasteiger charge is 1.95. The SMILES string of the molecule is [2H]C([2H])(/C=C\CC)/C=C\C([2H])([2H])C/C=C\CCCCCCC(=O)O. The van der Waals surface area contributed by atoms with E-state index in [9.17, 15) is 4.79 Å². The van der Waals surface area contributed by atoms with Crippen LogP contribution in [0.25, 0.3) is 0 Å². The van der Waals surface area contributed by atoms with Crippen molar-refractivity contribution in [3.63, 3.8) is 0 Å². The van der Waals surface area contributed by atoms with Crippen LogP contribution in [0.4, 0.5) is 0 Å². The Morgan fingerprint density at radius 1 is 0.950 bits per heavy atom. The second kappa shape index (κ2) is 15.7. The van der Waals surface area contributed by atoms with Crippen LogP contribution in [0.1, 0.15) is 76.5 Å². The molecule has 0 fully saturated rings. The Balaban J connectivity index is 4.02. The third kappa shape index (κ3) is 16.7. The highest BCUT2D eigenvalue weighted by Crippen LogP contribution is 2.06. The van der Waals surface area contributed by atoms with Gasteiger partial charge in [0.15, 0.2) is 0 Å². The molecule has 0 aromatic rings. The first-order valence-corrected chi connectivity index (χ1v) is 7.43. The standard InChI is InChI=1S/C18H30O2/c1-2-3-4-5-6-7-8-9-10-11-12-13-14-15-16-17-18(19)20/h3-4,6-7,10-11H,2,5,8-9,12-17H2,1H3,(H,19,20)/b4-3-,7-6-,11-10-/i5D2,8D2. The van der Waals surface area contributed by atoms with Crippen molar-refractivity contribution in [1.29, 1.82) is 0 Å². The molecule has 0 bridgehead atoms. The molecule has 2 nitrogen and oxygen atoms in total. The molecule has 0 aromatic carbocycles. The van der Waals surface area contributed by atoms with Gasteiger partial charge >= 0.3 is 5.97 Å². The summed E-state index contributed by atoms with van der Waals surface area (Å²) in [5.41, 5.74) is 0. The highest BCUT2D eigenvalue weighted by molar-refractivity contribution is 5.66. The molecule has 0 radical (unpaired) electrons. The third-order valence-corrected chi connectivity index (χ3v) is 2.66. The number of carboxylic acid groups (broad SMARTS) is 1. The molecule has 2 heteroatoms. The minimum atomic E-state index is -1.62. The molecule has 114 valence electrons. The number of unbranched alkanes of at least 4 members (excludes halogenated alkanes) is 4. The normalized spacial score (nSPS) is 16.4. The summed E-state index contributed by atoms with van der Waals surface area (Å²) >= 11 is 0. The summed E-state index contributed by atoms with van der Waals surface area (Å²) in [5, 5.41) is 8.52. The van der Waals surface area contributed by atoms with Gasteiger partial charge in [-0.05, 0) is 44.8 Å². The molecule has 0 spiro atoms. The van der Waals surface area contributed by atoms with Crippen molar-refractivity contribution in [3.05, 3.63) is 36.5 Å². The molecule has 20 heavy (non-hydrogen) atoms. The average molecular weight is 282 g/mol. The number of hydrogen-bond acceptors (Lipinski definition) is 1. The summed E-state index contributed by atoms with van der Waals surface area (Å²) in [7, 11) is 0. The van der Waals surface area contributed by atoms with Gasteiger partial charge < -0.3 is 5.11 Å². The van der Waals surface area contributed by atoms with Crippen LogP contribution in [-0.2, 0) is 4.79 Å². The average Bonchev–Trinajstić information content (AvgIpc) is 2.49. The van der Waals surface area contributed by atoms with E-state index in [1.54, 1.807) is 12.2 Å². The van der Waals surface area contributed by atoms with E-state index in [1.165, 1.54) is 18.2 Å². The van der Waals surface area contributed by atoms with Crippen molar-refractivity contribution in [2.75, 3.05) is 0 Å². The van der Waals surface area contributed by atoms with E-state index >= 15 is 0 Å². The van der Waals surface area contributed by atoms with Gasteiger partial charge in [-0.15, -0.1) is 0 Å². The van der Waals surface area contributed by atoms with E-state index in [2.05, 4.69) is 0 Å². The van der Waals surface area contributed by atoms with E-state index in [1.807, 2.05) is 13.0 Å². The van der Waals surface area contributed by atoms with E-state index in [0.29, 0.717) is 6.42 Å². The van der Waals surface area contributed by atoms with Gasteiger partial charge in [0.2, 0.25) is 0 Å². The summed E-state index contributed by atoms with van der Waals surface area (Å²) in [6, 6.07) is 0. The largest absolute Gasteiger partial charge is 0.481 e. The lowest BCUT2D eigenvalue weighted by molar-refractivity contribution is -0.137. The van der Waals surface area contributed by atoms with Crippen molar-refractivity contribution in [3.8, 4) is 0 Å². The summed E-state index contributed by atoms with van der Waals surface area (Å²) in [4.78, 5) is 10.4. The first-order chi connectivity index (χ1) is 11.2. The lowest BCUT2D eigenvalue weighted by atomic mass is 10.1. The van der Waals surface area contributed by atoms with E-state index in [4.69, 9.17) is 10.6 Å². The van der Waals surface area contributed by atoms with Gasteiger partial charge in [0.25, 0.3) is 0 Å². The lowest BCUT2D eigenvalue weighted by Crippen LogP contribution is -1.93. The minimum absolute atomic E-state index is 0.218. The van der Waals surface area contributed by atoms with Crippen LogP contribution in [0.5, 0.6) is 0 Å². The first-order valence-electron chi connectivity index (χ1n) is 9.43. The van der Waals surface area contributed by atoms with Gasteiger partial charge in [-0.25, -0.2) is 0 Å². The topological polar surface area (TPSA) is 37.3 Å². The zero-order valence-corrected chi connectivity index (χ0v) is 12.5. The van der Waals surface area contributed by atoms with E-state index in [-0.39, 0.29) is 12.8 Å². The minimum Gasteiger partial charge on any atom is -0.481 e. The summed E-state index contributed by atoms with van der Waals surface area (Å²) < 4.78 is 31.2. The van der Waals surface area contributed by atoms with Crippen molar-refractivity contribution >= 4 is 5.97 Å². The first kappa shape index (κ1) is 12.4. The molecule has 0 saturated heterocycles. The number of carboxylic acids is 1. The summed E-state index contributed by atoms with van der Waals surface area (Å²) in [5.74, 6) is -0.750. The van der Waals surface area contributed by atoms with Crippen LogP contribution in [0.2, 0.25) is 0 Å². The fourth-order valence-corrected chi connectivity index (χ4v) is 1.58. The van der Waals surface area contributed by atoms with Gasteiger partial charge in [0.05, 0.1) is 0 Å². The van der Waals surface area contributed by atoms with Gasteiger partial charge in [0.1, 0.15) is 0 Å².